The Morgan fingerprint density at radius 3 is 2.18 bits per heavy atom. The lowest BCUT2D eigenvalue weighted by Crippen LogP contribution is -2.42. The highest BCUT2D eigenvalue weighted by Crippen LogP contribution is 2.22. The molecule has 3 unspecified atom stereocenters. The van der Waals surface area contributed by atoms with Gasteiger partial charge in [-0.05, 0) is 43.5 Å². The van der Waals surface area contributed by atoms with E-state index in [4.69, 9.17) is 9.84 Å². The van der Waals surface area contributed by atoms with Crippen LogP contribution in [0.5, 0.6) is 5.75 Å². The summed E-state index contributed by atoms with van der Waals surface area (Å²) < 4.78 is 5.40. The normalized spacial score (nSPS) is 19.5. The predicted octanol–water partition coefficient (Wildman–Crippen LogP) is 0.131. The molecule has 1 aromatic carbocycles. The minimum Gasteiger partial charge on any atom is -0.491 e. The Labute approximate surface area is 130 Å². The van der Waals surface area contributed by atoms with Crippen molar-refractivity contribution in [1.82, 2.24) is 0 Å². The summed E-state index contributed by atoms with van der Waals surface area (Å²) in [6.07, 6.45) is -0.343. The summed E-state index contributed by atoms with van der Waals surface area (Å²) in [6, 6.07) is 7.61. The summed E-state index contributed by atoms with van der Waals surface area (Å²) in [7, 11) is 0. The van der Waals surface area contributed by atoms with Gasteiger partial charge in [-0.15, -0.1) is 0 Å². The number of hydrogen-bond acceptors (Lipinski definition) is 6. The molecule has 2 rings (SSSR count). The first-order valence-corrected chi connectivity index (χ1v) is 7.74. The van der Waals surface area contributed by atoms with Crippen LogP contribution in [0.15, 0.2) is 24.3 Å². The van der Waals surface area contributed by atoms with Crippen LogP contribution in [0, 0.1) is 0 Å². The zero-order chi connectivity index (χ0) is 15.9. The third kappa shape index (κ3) is 4.58. The molecule has 1 aliphatic heterocycles. The third-order valence-electron chi connectivity index (χ3n) is 3.95. The molecule has 124 valence electrons. The first-order valence-electron chi connectivity index (χ1n) is 7.74. The van der Waals surface area contributed by atoms with Crippen molar-refractivity contribution in [2.45, 2.75) is 37.6 Å². The molecule has 6 heteroatoms. The molecule has 0 amide bonds. The first kappa shape index (κ1) is 17.0. The molecule has 4 N–H and O–H groups in total. The van der Waals surface area contributed by atoms with E-state index in [2.05, 4.69) is 4.90 Å². The van der Waals surface area contributed by atoms with E-state index in [1.165, 1.54) is 19.3 Å². The van der Waals surface area contributed by atoms with Crippen molar-refractivity contribution in [3.8, 4) is 5.75 Å². The van der Waals surface area contributed by atoms with Gasteiger partial charge in [0, 0.05) is 18.8 Å². The summed E-state index contributed by atoms with van der Waals surface area (Å²) in [6.45, 7) is 1.39. The van der Waals surface area contributed by atoms with Crippen LogP contribution >= 0.6 is 0 Å². The molecule has 0 aromatic heterocycles. The van der Waals surface area contributed by atoms with E-state index in [1.54, 1.807) is 0 Å². The van der Waals surface area contributed by atoms with Crippen molar-refractivity contribution in [3.05, 3.63) is 24.3 Å². The standard InChI is InChI=1S/C16H25NO5/c18-10-14(19)16(21)15(20)11-22-13-6-4-12(5-7-13)17-8-2-1-3-9-17/h4-7,14-16,18-21H,1-3,8-11H2. The number of aliphatic hydroxyl groups excluding tert-OH is 4. The minimum absolute atomic E-state index is 0.152. The molecule has 6 nitrogen and oxygen atoms in total. The van der Waals surface area contributed by atoms with Gasteiger partial charge in [-0.1, -0.05) is 0 Å². The summed E-state index contributed by atoms with van der Waals surface area (Å²) in [4.78, 5) is 2.34. The Morgan fingerprint density at radius 2 is 1.59 bits per heavy atom. The molecule has 0 bridgehead atoms. The van der Waals surface area contributed by atoms with Crippen molar-refractivity contribution in [3.63, 3.8) is 0 Å². The molecule has 0 saturated carbocycles. The van der Waals surface area contributed by atoms with Gasteiger partial charge >= 0.3 is 0 Å². The van der Waals surface area contributed by atoms with Crippen LogP contribution in [0.2, 0.25) is 0 Å². The topological polar surface area (TPSA) is 93.4 Å². The predicted molar refractivity (Wildman–Crippen MR) is 83.1 cm³/mol. The van der Waals surface area contributed by atoms with Gasteiger partial charge in [0.15, 0.2) is 0 Å². The lowest BCUT2D eigenvalue weighted by atomic mass is 10.1. The molecule has 3 atom stereocenters. The van der Waals surface area contributed by atoms with E-state index in [0.717, 1.165) is 18.8 Å². The largest absolute Gasteiger partial charge is 0.491 e. The van der Waals surface area contributed by atoms with Gasteiger partial charge < -0.3 is 30.1 Å². The van der Waals surface area contributed by atoms with Crippen LogP contribution in [-0.2, 0) is 0 Å². The van der Waals surface area contributed by atoms with Gasteiger partial charge in [-0.2, -0.15) is 0 Å². The fraction of sp³-hybridized carbons (Fsp3) is 0.625. The van der Waals surface area contributed by atoms with Crippen LogP contribution in [0.25, 0.3) is 0 Å². The van der Waals surface area contributed by atoms with Gasteiger partial charge in [0.25, 0.3) is 0 Å². The molecule has 0 aliphatic carbocycles. The lowest BCUT2D eigenvalue weighted by Gasteiger charge is -2.29. The molecule has 1 aromatic rings. The number of anilines is 1. The molecular formula is C16H25NO5. The highest BCUT2D eigenvalue weighted by molar-refractivity contribution is 5.49. The summed E-state index contributed by atoms with van der Waals surface area (Å²) >= 11 is 0. The number of aliphatic hydroxyl groups is 4. The van der Waals surface area contributed by atoms with Crippen LogP contribution in [-0.4, -0.2) is 65.0 Å². The number of hydrogen-bond donors (Lipinski definition) is 4. The fourth-order valence-corrected chi connectivity index (χ4v) is 2.55. The van der Waals surface area contributed by atoms with Crippen LogP contribution in [0.1, 0.15) is 19.3 Å². The molecule has 1 saturated heterocycles. The Morgan fingerprint density at radius 1 is 0.955 bits per heavy atom. The maximum atomic E-state index is 9.68. The van der Waals surface area contributed by atoms with Gasteiger partial charge in [-0.3, -0.25) is 0 Å². The Bertz CT molecular complexity index is 433. The highest BCUT2D eigenvalue weighted by atomic mass is 16.5. The maximum Gasteiger partial charge on any atom is 0.119 e. The minimum atomic E-state index is -1.43. The van der Waals surface area contributed by atoms with Crippen LogP contribution in [0.4, 0.5) is 5.69 Å². The van der Waals surface area contributed by atoms with E-state index in [0.29, 0.717) is 5.75 Å². The van der Waals surface area contributed by atoms with E-state index >= 15 is 0 Å². The van der Waals surface area contributed by atoms with Crippen molar-refractivity contribution in [1.29, 1.82) is 0 Å². The monoisotopic (exact) mass is 311 g/mol. The molecule has 1 aliphatic rings. The molecular weight excluding hydrogens is 286 g/mol. The third-order valence-corrected chi connectivity index (χ3v) is 3.95. The highest BCUT2D eigenvalue weighted by Gasteiger charge is 2.24. The zero-order valence-corrected chi connectivity index (χ0v) is 12.6. The molecule has 1 fully saturated rings. The number of nitrogens with zero attached hydrogens (tertiary/aromatic N) is 1. The zero-order valence-electron chi connectivity index (χ0n) is 12.6. The van der Waals surface area contributed by atoms with E-state index in [1.807, 2.05) is 24.3 Å². The molecule has 0 spiro atoms. The Hall–Kier alpha value is -1.34. The summed E-state index contributed by atoms with van der Waals surface area (Å²) in [5.41, 5.74) is 1.16. The van der Waals surface area contributed by atoms with Crippen LogP contribution in [0.3, 0.4) is 0 Å². The van der Waals surface area contributed by atoms with Gasteiger partial charge in [0.1, 0.15) is 30.7 Å². The van der Waals surface area contributed by atoms with Gasteiger partial charge in [0.05, 0.1) is 6.61 Å². The second-order valence-corrected chi connectivity index (χ2v) is 5.66. The van der Waals surface area contributed by atoms with E-state index in [9.17, 15) is 15.3 Å². The molecule has 1 heterocycles. The van der Waals surface area contributed by atoms with Crippen molar-refractivity contribution < 1.29 is 25.2 Å². The molecule has 0 radical (unpaired) electrons. The smallest absolute Gasteiger partial charge is 0.119 e. The Kier molecular flexibility index (Phi) is 6.45. The van der Waals surface area contributed by atoms with Crippen LogP contribution < -0.4 is 9.64 Å². The first-order chi connectivity index (χ1) is 10.6. The van der Waals surface area contributed by atoms with Crippen molar-refractivity contribution in [2.75, 3.05) is 31.2 Å². The molecule has 22 heavy (non-hydrogen) atoms. The lowest BCUT2D eigenvalue weighted by molar-refractivity contribution is -0.0871. The average molecular weight is 311 g/mol. The number of rotatable bonds is 7. The van der Waals surface area contributed by atoms with Gasteiger partial charge in [0.2, 0.25) is 0 Å². The number of piperidine rings is 1. The summed E-state index contributed by atoms with van der Waals surface area (Å²) in [5.74, 6) is 0.588. The van der Waals surface area contributed by atoms with Crippen molar-refractivity contribution >= 4 is 5.69 Å². The SMILES string of the molecule is OCC(O)C(O)C(O)COc1ccc(N2CCCCC2)cc1. The fourth-order valence-electron chi connectivity index (χ4n) is 2.55. The Balaban J connectivity index is 1.83. The second kappa shape index (κ2) is 8.33. The quantitative estimate of drug-likeness (QED) is 0.572. The number of benzene rings is 1. The van der Waals surface area contributed by atoms with Gasteiger partial charge in [-0.25, -0.2) is 0 Å². The van der Waals surface area contributed by atoms with Crippen molar-refractivity contribution in [2.24, 2.45) is 0 Å². The number of ether oxygens (including phenoxy) is 1. The van der Waals surface area contributed by atoms with E-state index in [-0.39, 0.29) is 6.61 Å². The maximum absolute atomic E-state index is 9.68. The van der Waals surface area contributed by atoms with E-state index < -0.39 is 24.9 Å². The summed E-state index contributed by atoms with van der Waals surface area (Å²) in [5, 5.41) is 37.2. The second-order valence-electron chi connectivity index (χ2n) is 5.66. The average Bonchev–Trinajstić information content (AvgIpc) is 2.59.